The maximum Gasteiger partial charge on any atom is 0.306 e. The fourth-order valence-electron chi connectivity index (χ4n) is 8.96. The molecule has 0 fully saturated rings. The van der Waals surface area contributed by atoms with Crippen molar-refractivity contribution < 1.29 is 42.1 Å². The average molecular weight is 1150 g/mol. The lowest BCUT2D eigenvalue weighted by Crippen LogP contribution is -2.37. The summed E-state index contributed by atoms with van der Waals surface area (Å²) in [6.45, 7) is 4.13. The molecule has 0 bridgehead atoms. The van der Waals surface area contributed by atoms with Crippen molar-refractivity contribution in [1.82, 2.24) is 0 Å². The van der Waals surface area contributed by atoms with Gasteiger partial charge in [-0.15, -0.1) is 0 Å². The summed E-state index contributed by atoms with van der Waals surface area (Å²) in [4.78, 5) is 38.0. The molecule has 0 saturated heterocycles. The van der Waals surface area contributed by atoms with Crippen LogP contribution in [0.3, 0.4) is 0 Å². The minimum absolute atomic E-state index is 0.0345. The molecule has 2 unspecified atom stereocenters. The number of phosphoric ester groups is 1. The van der Waals surface area contributed by atoms with Gasteiger partial charge in [0, 0.05) is 12.8 Å². The van der Waals surface area contributed by atoms with Crippen LogP contribution in [0.25, 0.3) is 0 Å². The van der Waals surface area contributed by atoms with Gasteiger partial charge in [0.05, 0.1) is 27.7 Å². The molecule has 0 aromatic heterocycles. The van der Waals surface area contributed by atoms with Crippen molar-refractivity contribution in [3.63, 3.8) is 0 Å². The summed E-state index contributed by atoms with van der Waals surface area (Å²) in [5.41, 5.74) is 0. The Morgan fingerprint density at radius 2 is 0.704 bits per heavy atom. The standard InChI is InChI=1S/C71H124NO8P/c1-6-8-10-12-14-16-18-20-22-24-26-27-28-29-30-31-32-33-34-35-36-37-38-39-40-41-42-43-44-45-46-48-50-52-54-56-58-60-62-64-71(74)80-69(68-79-81(75,76)78-66-65-72(3,4)5)67-77-70(73)63-61-59-57-55-53-51-49-47-25-23-21-19-17-15-13-11-9-7-2/h8,10,14,16,20,22-23,25-27,29-30,32-33,35-36,38-39,69H,6-7,9,11-13,15,17-19,21,24,28,31,34,37,40-68H2,1-5H3/b10-8-,16-14-,22-20-,25-23-,27-26-,30-29-,33-32-,36-35-,39-38-. The summed E-state index contributed by atoms with van der Waals surface area (Å²) in [5.74, 6) is -0.836. The van der Waals surface area contributed by atoms with Crippen LogP contribution in [0.5, 0.6) is 0 Å². The summed E-state index contributed by atoms with van der Waals surface area (Å²) in [5, 5.41) is 0. The van der Waals surface area contributed by atoms with Crippen LogP contribution >= 0.6 is 7.82 Å². The highest BCUT2D eigenvalue weighted by Gasteiger charge is 2.22. The normalized spacial score (nSPS) is 13.9. The first-order valence-corrected chi connectivity index (χ1v) is 34.6. The molecule has 0 saturated carbocycles. The third-order valence-electron chi connectivity index (χ3n) is 14.0. The molecule has 0 aromatic carbocycles. The van der Waals surface area contributed by atoms with Crippen LogP contribution in [0.2, 0.25) is 0 Å². The maximum absolute atomic E-state index is 12.8. The molecular weight excluding hydrogens is 1030 g/mol. The number of esters is 2. The van der Waals surface area contributed by atoms with Crippen LogP contribution in [0.15, 0.2) is 109 Å². The van der Waals surface area contributed by atoms with E-state index in [1.165, 1.54) is 141 Å². The van der Waals surface area contributed by atoms with E-state index in [-0.39, 0.29) is 32.0 Å². The summed E-state index contributed by atoms with van der Waals surface area (Å²) in [7, 11) is 1.16. The SMILES string of the molecule is CC/C=C\C/C=C\C/C=C\C/C=C\C/C=C\C/C=C\C/C=C\C/C=C\CCCCCCCCCCCCCCCCC(=O)OC(COC(=O)CCCCCCCCC/C=C\CCCCCCCCC)COP(=O)([O-])OCC[N+](C)(C)C. The lowest BCUT2D eigenvalue weighted by molar-refractivity contribution is -0.870. The Morgan fingerprint density at radius 3 is 1.06 bits per heavy atom. The molecule has 0 aromatic rings. The molecule has 0 heterocycles. The van der Waals surface area contributed by atoms with E-state index < -0.39 is 26.5 Å². The van der Waals surface area contributed by atoms with Crippen LogP contribution in [0.1, 0.15) is 277 Å². The van der Waals surface area contributed by atoms with Crippen molar-refractivity contribution in [3.8, 4) is 0 Å². The Balaban J connectivity index is 4.04. The molecule has 81 heavy (non-hydrogen) atoms. The van der Waals surface area contributed by atoms with Gasteiger partial charge in [-0.3, -0.25) is 14.2 Å². The second-order valence-electron chi connectivity index (χ2n) is 23.1. The Kier molecular flexibility index (Phi) is 58.7. The molecule has 0 aliphatic rings. The van der Waals surface area contributed by atoms with Crippen molar-refractivity contribution in [1.29, 1.82) is 0 Å². The highest BCUT2D eigenvalue weighted by molar-refractivity contribution is 7.45. The van der Waals surface area contributed by atoms with Gasteiger partial charge in [-0.25, -0.2) is 0 Å². The monoisotopic (exact) mass is 1150 g/mol. The molecule has 9 nitrogen and oxygen atoms in total. The van der Waals surface area contributed by atoms with Crippen LogP contribution in [-0.2, 0) is 32.7 Å². The van der Waals surface area contributed by atoms with Gasteiger partial charge in [-0.1, -0.05) is 271 Å². The largest absolute Gasteiger partial charge is 0.756 e. The number of carbonyl (C=O) groups is 2. The van der Waals surface area contributed by atoms with Gasteiger partial charge in [-0.2, -0.15) is 0 Å². The van der Waals surface area contributed by atoms with Crippen LogP contribution in [0, 0.1) is 0 Å². The number of allylic oxidation sites excluding steroid dienone is 18. The zero-order chi connectivity index (χ0) is 59.1. The highest BCUT2D eigenvalue weighted by Crippen LogP contribution is 2.38. The van der Waals surface area contributed by atoms with Crippen LogP contribution in [-0.4, -0.2) is 70.0 Å². The predicted molar refractivity (Wildman–Crippen MR) is 346 cm³/mol. The maximum atomic E-state index is 12.8. The molecule has 0 rings (SSSR count). The van der Waals surface area contributed by atoms with E-state index in [9.17, 15) is 19.0 Å². The van der Waals surface area contributed by atoms with E-state index in [0.29, 0.717) is 17.4 Å². The lowest BCUT2D eigenvalue weighted by Gasteiger charge is -2.28. The van der Waals surface area contributed by atoms with E-state index >= 15 is 0 Å². The van der Waals surface area contributed by atoms with Crippen molar-refractivity contribution in [3.05, 3.63) is 109 Å². The average Bonchev–Trinajstić information content (AvgIpc) is 3.43. The summed E-state index contributed by atoms with van der Waals surface area (Å²) < 4.78 is 34.2. The molecule has 0 aliphatic carbocycles. The fourth-order valence-corrected chi connectivity index (χ4v) is 9.69. The number of ether oxygens (including phenoxy) is 2. The van der Waals surface area contributed by atoms with Gasteiger partial charge >= 0.3 is 11.9 Å². The molecule has 10 heteroatoms. The zero-order valence-electron chi connectivity index (χ0n) is 52.9. The van der Waals surface area contributed by atoms with E-state index in [0.717, 1.165) is 103 Å². The first kappa shape index (κ1) is 77.7. The Labute approximate surface area is 499 Å². The van der Waals surface area contributed by atoms with E-state index in [1.807, 2.05) is 21.1 Å². The first-order valence-electron chi connectivity index (χ1n) is 33.1. The number of phosphoric acid groups is 1. The Bertz CT molecular complexity index is 1730. The van der Waals surface area contributed by atoms with Gasteiger partial charge in [0.15, 0.2) is 6.10 Å². The van der Waals surface area contributed by atoms with Gasteiger partial charge < -0.3 is 27.9 Å². The molecule has 0 aliphatic heterocycles. The Morgan fingerprint density at radius 1 is 0.395 bits per heavy atom. The van der Waals surface area contributed by atoms with E-state index in [4.69, 9.17) is 18.5 Å². The molecule has 466 valence electrons. The van der Waals surface area contributed by atoms with Crippen LogP contribution in [0.4, 0.5) is 0 Å². The minimum atomic E-state index is -4.64. The van der Waals surface area contributed by atoms with Gasteiger partial charge in [0.25, 0.3) is 7.82 Å². The topological polar surface area (TPSA) is 111 Å². The number of rotatable bonds is 60. The summed E-state index contributed by atoms with van der Waals surface area (Å²) in [6, 6.07) is 0. The Hall–Kier alpha value is -3.33. The molecule has 2 atom stereocenters. The molecular formula is C71H124NO8P. The number of carbonyl (C=O) groups excluding carboxylic acids is 2. The molecule has 0 radical (unpaired) electrons. The zero-order valence-corrected chi connectivity index (χ0v) is 53.8. The number of nitrogens with zero attached hydrogens (tertiary/aromatic N) is 1. The number of quaternary nitrogens is 1. The fraction of sp³-hybridized carbons (Fsp3) is 0.718. The molecule has 0 N–H and O–H groups in total. The van der Waals surface area contributed by atoms with Gasteiger partial charge in [0.2, 0.25) is 0 Å². The molecule has 0 spiro atoms. The van der Waals surface area contributed by atoms with Crippen molar-refractivity contribution in [2.75, 3.05) is 47.5 Å². The number of likely N-dealkylation sites (N-methyl/N-ethyl adjacent to an activating group) is 1. The molecule has 0 amide bonds. The lowest BCUT2D eigenvalue weighted by atomic mass is 10.0. The third kappa shape index (κ3) is 65.7. The smallest absolute Gasteiger partial charge is 0.306 e. The number of unbranched alkanes of at least 4 members (excludes halogenated alkanes) is 28. The van der Waals surface area contributed by atoms with Crippen molar-refractivity contribution >= 4 is 19.8 Å². The predicted octanol–water partition coefficient (Wildman–Crippen LogP) is 20.7. The number of hydrogen-bond donors (Lipinski definition) is 0. The summed E-state index contributed by atoms with van der Waals surface area (Å²) >= 11 is 0. The van der Waals surface area contributed by atoms with E-state index in [1.54, 1.807) is 0 Å². The van der Waals surface area contributed by atoms with Gasteiger partial charge in [0.1, 0.15) is 19.8 Å². The quantitative estimate of drug-likeness (QED) is 0.0195. The third-order valence-corrected chi connectivity index (χ3v) is 15.0. The summed E-state index contributed by atoms with van der Waals surface area (Å²) in [6.07, 6.45) is 85.8. The van der Waals surface area contributed by atoms with Crippen molar-refractivity contribution in [2.45, 2.75) is 283 Å². The number of hydrogen-bond acceptors (Lipinski definition) is 8. The van der Waals surface area contributed by atoms with Crippen LogP contribution < -0.4 is 4.89 Å². The van der Waals surface area contributed by atoms with Crippen molar-refractivity contribution in [2.24, 2.45) is 0 Å². The van der Waals surface area contributed by atoms with Gasteiger partial charge in [-0.05, 0) is 103 Å². The second-order valence-corrected chi connectivity index (χ2v) is 24.5. The second kappa shape index (κ2) is 61.2. The minimum Gasteiger partial charge on any atom is -0.756 e. The highest BCUT2D eigenvalue weighted by atomic mass is 31.2. The van der Waals surface area contributed by atoms with E-state index in [2.05, 4.69) is 123 Å². The first-order chi connectivity index (χ1) is 39.5.